The molecule has 1 aliphatic heterocycles. The third-order valence-electron chi connectivity index (χ3n) is 4.84. The topological polar surface area (TPSA) is 168 Å². The largest absolute Gasteiger partial charge is 0.494 e. The van der Waals surface area contributed by atoms with Crippen molar-refractivity contribution in [1.29, 1.82) is 10.5 Å². The Morgan fingerprint density at radius 1 is 1.00 bits per heavy atom. The normalized spacial score (nSPS) is 15.7. The molecule has 160 valence electrons. The maximum absolute atomic E-state index is 12.6. The summed E-state index contributed by atoms with van der Waals surface area (Å²) in [6.45, 7) is 1.54. The average molecular weight is 424 g/mol. The molecule has 2 rings (SSSR count). The minimum atomic E-state index is -0.789. The van der Waals surface area contributed by atoms with Crippen LogP contribution in [0.25, 0.3) is 6.08 Å². The summed E-state index contributed by atoms with van der Waals surface area (Å²) in [5, 5.41) is 47.2. The number of nitrogens with zero attached hydrogens (tertiary/aromatic N) is 4. The van der Waals surface area contributed by atoms with Gasteiger partial charge in [0.1, 0.15) is 23.3 Å². The number of aromatic nitrogens is 1. The summed E-state index contributed by atoms with van der Waals surface area (Å²) in [7, 11) is 0. The minimum Gasteiger partial charge on any atom is -0.494 e. The number of aliphatic hydroxyl groups excluding tert-OH is 2. The van der Waals surface area contributed by atoms with Crippen molar-refractivity contribution in [2.24, 2.45) is 0 Å². The molecule has 10 nitrogen and oxygen atoms in total. The Morgan fingerprint density at radius 3 is 2.19 bits per heavy atom. The Labute approximate surface area is 177 Å². The van der Waals surface area contributed by atoms with Crippen molar-refractivity contribution in [3.63, 3.8) is 0 Å². The van der Waals surface area contributed by atoms with E-state index in [0.717, 1.165) is 9.47 Å². The van der Waals surface area contributed by atoms with Crippen LogP contribution in [0.15, 0.2) is 33.7 Å². The fourth-order valence-electron chi connectivity index (χ4n) is 3.18. The molecule has 0 bridgehead atoms. The fraction of sp³-hybridized carbons (Fsp3) is 0.286. The van der Waals surface area contributed by atoms with Crippen LogP contribution in [0.5, 0.6) is 5.88 Å². The van der Waals surface area contributed by atoms with E-state index in [4.69, 9.17) is 10.2 Å². The van der Waals surface area contributed by atoms with Gasteiger partial charge in [-0.05, 0) is 37.1 Å². The number of carbonyl (C=O) groups excluding carboxylic acids is 2. The number of rotatable bonds is 6. The highest BCUT2D eigenvalue weighted by Crippen LogP contribution is 2.26. The molecule has 0 saturated carbocycles. The van der Waals surface area contributed by atoms with E-state index in [1.54, 1.807) is 12.1 Å². The molecule has 0 radical (unpaired) electrons. The Bertz CT molecular complexity index is 1170. The van der Waals surface area contributed by atoms with Gasteiger partial charge in [-0.3, -0.25) is 23.9 Å². The standard InChI is InChI=1S/C21H20N4O6/c1-12-14(18(28)24(6-8-26)20(30)16(12)10-22)4-3-5-15-13(2)17(11-23)21(31)25(7-9-27)19(15)29/h3-5,26-28H,6-9H2,1-2H3/b4-3+,15-5-. The first-order valence-corrected chi connectivity index (χ1v) is 9.19. The van der Waals surface area contributed by atoms with Crippen molar-refractivity contribution >= 4 is 17.9 Å². The second kappa shape index (κ2) is 9.67. The molecule has 2 heterocycles. The van der Waals surface area contributed by atoms with E-state index in [9.17, 15) is 30.0 Å². The third kappa shape index (κ3) is 4.16. The predicted octanol–water partition coefficient (Wildman–Crippen LogP) is -0.133. The molecule has 10 heteroatoms. The number of aromatic hydroxyl groups is 1. The number of amides is 2. The molecular weight excluding hydrogens is 404 g/mol. The summed E-state index contributed by atoms with van der Waals surface area (Å²) in [6, 6.07) is 3.54. The second-order valence-electron chi connectivity index (χ2n) is 6.57. The van der Waals surface area contributed by atoms with Crippen LogP contribution in [-0.2, 0) is 16.1 Å². The predicted molar refractivity (Wildman–Crippen MR) is 108 cm³/mol. The Hall–Kier alpha value is -3.99. The van der Waals surface area contributed by atoms with Crippen molar-refractivity contribution in [2.75, 3.05) is 19.8 Å². The first-order valence-electron chi connectivity index (χ1n) is 9.19. The van der Waals surface area contributed by atoms with Gasteiger partial charge in [-0.2, -0.15) is 10.5 Å². The fourth-order valence-corrected chi connectivity index (χ4v) is 3.18. The van der Waals surface area contributed by atoms with Gasteiger partial charge in [0.25, 0.3) is 17.4 Å². The van der Waals surface area contributed by atoms with Crippen molar-refractivity contribution in [3.8, 4) is 18.0 Å². The molecule has 0 aliphatic carbocycles. The number of hydrogen-bond donors (Lipinski definition) is 3. The van der Waals surface area contributed by atoms with Gasteiger partial charge in [0.15, 0.2) is 0 Å². The lowest BCUT2D eigenvalue weighted by Gasteiger charge is -2.26. The first-order chi connectivity index (χ1) is 14.7. The zero-order chi connectivity index (χ0) is 23.3. The molecule has 1 aliphatic rings. The van der Waals surface area contributed by atoms with Crippen LogP contribution >= 0.6 is 0 Å². The van der Waals surface area contributed by atoms with Gasteiger partial charge in [-0.15, -0.1) is 0 Å². The number of hydrogen-bond acceptors (Lipinski definition) is 8. The maximum atomic E-state index is 12.6. The van der Waals surface area contributed by atoms with Crippen LogP contribution < -0.4 is 5.56 Å². The summed E-state index contributed by atoms with van der Waals surface area (Å²) in [6.07, 6.45) is 4.07. The second-order valence-corrected chi connectivity index (χ2v) is 6.57. The highest BCUT2D eigenvalue weighted by atomic mass is 16.3. The van der Waals surface area contributed by atoms with E-state index in [2.05, 4.69) is 0 Å². The number of imide groups is 1. The van der Waals surface area contributed by atoms with Gasteiger partial charge in [0.2, 0.25) is 5.88 Å². The van der Waals surface area contributed by atoms with Crippen molar-refractivity contribution in [3.05, 3.63) is 55.9 Å². The van der Waals surface area contributed by atoms with Gasteiger partial charge in [0, 0.05) is 11.1 Å². The Kier molecular flexibility index (Phi) is 7.27. The number of aliphatic hydroxyl groups is 2. The molecule has 0 fully saturated rings. The monoisotopic (exact) mass is 424 g/mol. The summed E-state index contributed by atoms with van der Waals surface area (Å²) >= 11 is 0. The number of pyridine rings is 1. The molecule has 31 heavy (non-hydrogen) atoms. The highest BCUT2D eigenvalue weighted by molar-refractivity contribution is 6.18. The quantitative estimate of drug-likeness (QED) is 0.419. The molecule has 2 amide bonds. The lowest BCUT2D eigenvalue weighted by molar-refractivity contribution is -0.141. The van der Waals surface area contributed by atoms with Gasteiger partial charge in [0.05, 0.1) is 26.3 Å². The van der Waals surface area contributed by atoms with Crippen LogP contribution in [0.1, 0.15) is 23.6 Å². The van der Waals surface area contributed by atoms with E-state index < -0.39 is 36.5 Å². The zero-order valence-electron chi connectivity index (χ0n) is 16.9. The lowest BCUT2D eigenvalue weighted by atomic mass is 9.95. The van der Waals surface area contributed by atoms with Crippen LogP contribution in [-0.4, -0.2) is 56.4 Å². The Balaban J connectivity index is 2.62. The van der Waals surface area contributed by atoms with Gasteiger partial charge >= 0.3 is 0 Å². The van der Waals surface area contributed by atoms with E-state index in [1.807, 2.05) is 0 Å². The van der Waals surface area contributed by atoms with E-state index in [-0.39, 0.29) is 46.5 Å². The number of β-amino-alcohol motifs (C(OH)–C–C–N with tert-alkyl or cyclic N) is 1. The van der Waals surface area contributed by atoms with Gasteiger partial charge in [-0.25, -0.2) is 0 Å². The molecule has 0 aromatic carbocycles. The van der Waals surface area contributed by atoms with Crippen LogP contribution in [0, 0.1) is 29.6 Å². The SMILES string of the molecule is CC1=C(C#N)C(=O)N(CCO)C(=O)/C1=C\C=C\c1c(C)c(C#N)c(=O)n(CCO)c1O. The van der Waals surface area contributed by atoms with Crippen LogP contribution in [0.4, 0.5) is 0 Å². The molecule has 0 atom stereocenters. The number of carbonyl (C=O) groups is 2. The third-order valence-corrected chi connectivity index (χ3v) is 4.84. The van der Waals surface area contributed by atoms with E-state index >= 15 is 0 Å². The van der Waals surface area contributed by atoms with Crippen molar-refractivity contribution in [2.45, 2.75) is 20.4 Å². The summed E-state index contributed by atoms with van der Waals surface area (Å²) in [5.41, 5.74) is -0.603. The Morgan fingerprint density at radius 2 is 1.65 bits per heavy atom. The highest BCUT2D eigenvalue weighted by Gasteiger charge is 2.34. The molecule has 0 spiro atoms. The van der Waals surface area contributed by atoms with Crippen LogP contribution in [0.3, 0.4) is 0 Å². The first kappa shape index (κ1) is 23.3. The van der Waals surface area contributed by atoms with E-state index in [1.165, 1.54) is 32.1 Å². The van der Waals surface area contributed by atoms with Crippen LogP contribution in [0.2, 0.25) is 0 Å². The van der Waals surface area contributed by atoms with E-state index in [0.29, 0.717) is 0 Å². The molecule has 1 aromatic rings. The molecule has 1 aromatic heterocycles. The molecule has 3 N–H and O–H groups in total. The average Bonchev–Trinajstić information content (AvgIpc) is 2.74. The summed E-state index contributed by atoms with van der Waals surface area (Å²) < 4.78 is 0.866. The molecular formula is C21H20N4O6. The van der Waals surface area contributed by atoms with Crippen molar-refractivity contribution in [1.82, 2.24) is 9.47 Å². The maximum Gasteiger partial charge on any atom is 0.271 e. The smallest absolute Gasteiger partial charge is 0.271 e. The van der Waals surface area contributed by atoms with Gasteiger partial charge in [-0.1, -0.05) is 6.08 Å². The van der Waals surface area contributed by atoms with Crippen molar-refractivity contribution < 1.29 is 24.9 Å². The lowest BCUT2D eigenvalue weighted by Crippen LogP contribution is -2.44. The molecule has 0 saturated heterocycles. The number of nitriles is 2. The molecule has 0 unspecified atom stereocenters. The summed E-state index contributed by atoms with van der Waals surface area (Å²) in [5.74, 6) is -1.94. The number of allylic oxidation sites excluding steroid dienone is 2. The summed E-state index contributed by atoms with van der Waals surface area (Å²) in [4.78, 5) is 37.9. The zero-order valence-corrected chi connectivity index (χ0v) is 16.9. The van der Waals surface area contributed by atoms with Gasteiger partial charge < -0.3 is 15.3 Å². The minimum absolute atomic E-state index is 0.0437.